The Hall–Kier alpha value is -0.710. The molecule has 0 bridgehead atoms. The summed E-state index contributed by atoms with van der Waals surface area (Å²) < 4.78 is 0. The number of aryl methyl sites for hydroxylation is 1. The Morgan fingerprint density at radius 3 is 2.63 bits per heavy atom. The van der Waals surface area contributed by atoms with Gasteiger partial charge in [-0.05, 0) is 19.5 Å². The van der Waals surface area contributed by atoms with E-state index in [9.17, 15) is 0 Å². The lowest BCUT2D eigenvalue weighted by molar-refractivity contribution is 0.313. The quantitative estimate of drug-likeness (QED) is 0.738. The summed E-state index contributed by atoms with van der Waals surface area (Å²) in [6, 6.07) is 10.7. The third kappa shape index (κ3) is 4.13. The average molecular weight is 339 g/mol. The molecule has 2 aromatic rings. The second-order valence-electron chi connectivity index (χ2n) is 4.82. The standard InChI is InChI=1S/C15H19BrN2S/c1-12-15(19-11-17-12)10-18(2)9-14(8-16)13-6-4-3-5-7-13/h3-7,11,14H,8-10H2,1-2H3. The average Bonchev–Trinajstić information content (AvgIpc) is 2.82. The molecular formula is C15H19BrN2S. The lowest BCUT2D eigenvalue weighted by Gasteiger charge is -2.22. The summed E-state index contributed by atoms with van der Waals surface area (Å²) in [4.78, 5) is 8.05. The Labute approximate surface area is 127 Å². The molecule has 19 heavy (non-hydrogen) atoms. The van der Waals surface area contributed by atoms with E-state index in [2.05, 4.69) is 70.1 Å². The van der Waals surface area contributed by atoms with E-state index < -0.39 is 0 Å². The Kier molecular flexibility index (Phi) is 5.55. The highest BCUT2D eigenvalue weighted by Gasteiger charge is 2.14. The first kappa shape index (κ1) is 14.7. The Morgan fingerprint density at radius 1 is 1.32 bits per heavy atom. The molecule has 2 nitrogen and oxygen atoms in total. The van der Waals surface area contributed by atoms with E-state index in [0.29, 0.717) is 5.92 Å². The summed E-state index contributed by atoms with van der Waals surface area (Å²) in [7, 11) is 2.18. The normalized spacial score (nSPS) is 12.8. The molecule has 1 aromatic heterocycles. The van der Waals surface area contributed by atoms with Gasteiger partial charge in [-0.3, -0.25) is 0 Å². The number of hydrogen-bond donors (Lipinski definition) is 0. The van der Waals surface area contributed by atoms with Gasteiger partial charge in [0.05, 0.1) is 11.2 Å². The number of rotatable bonds is 6. The van der Waals surface area contributed by atoms with E-state index in [1.165, 1.54) is 10.4 Å². The molecule has 4 heteroatoms. The molecule has 0 radical (unpaired) electrons. The first-order valence-corrected chi connectivity index (χ1v) is 8.39. The van der Waals surface area contributed by atoms with Crippen LogP contribution in [0, 0.1) is 6.92 Å². The van der Waals surface area contributed by atoms with Crippen molar-refractivity contribution in [2.75, 3.05) is 18.9 Å². The van der Waals surface area contributed by atoms with Crippen molar-refractivity contribution in [3.8, 4) is 0 Å². The zero-order chi connectivity index (χ0) is 13.7. The van der Waals surface area contributed by atoms with Crippen molar-refractivity contribution in [3.05, 3.63) is 52.0 Å². The number of benzene rings is 1. The van der Waals surface area contributed by atoms with Gasteiger partial charge in [-0.1, -0.05) is 46.3 Å². The van der Waals surface area contributed by atoms with Crippen LogP contribution in [0.4, 0.5) is 0 Å². The van der Waals surface area contributed by atoms with Crippen molar-refractivity contribution < 1.29 is 0 Å². The molecule has 0 saturated heterocycles. The van der Waals surface area contributed by atoms with Crippen LogP contribution in [-0.2, 0) is 6.54 Å². The minimum Gasteiger partial charge on any atom is -0.301 e. The van der Waals surface area contributed by atoms with Crippen LogP contribution in [-0.4, -0.2) is 28.8 Å². The lowest BCUT2D eigenvalue weighted by atomic mass is 10.0. The molecule has 2 rings (SSSR count). The summed E-state index contributed by atoms with van der Waals surface area (Å²) in [5.41, 5.74) is 4.48. The van der Waals surface area contributed by atoms with Crippen LogP contribution in [0.1, 0.15) is 22.1 Å². The predicted octanol–water partition coefficient (Wildman–Crippen LogP) is 4.06. The predicted molar refractivity (Wildman–Crippen MR) is 86.2 cm³/mol. The van der Waals surface area contributed by atoms with Gasteiger partial charge < -0.3 is 4.90 Å². The van der Waals surface area contributed by atoms with E-state index in [4.69, 9.17) is 0 Å². The van der Waals surface area contributed by atoms with Gasteiger partial charge in [0.2, 0.25) is 0 Å². The van der Waals surface area contributed by atoms with Crippen molar-refractivity contribution in [3.63, 3.8) is 0 Å². The van der Waals surface area contributed by atoms with Crippen LogP contribution in [0.25, 0.3) is 0 Å². The number of nitrogens with zero attached hydrogens (tertiary/aromatic N) is 2. The minimum atomic E-state index is 0.527. The van der Waals surface area contributed by atoms with Gasteiger partial charge in [0.25, 0.3) is 0 Å². The summed E-state index contributed by atoms with van der Waals surface area (Å²) >= 11 is 5.38. The molecule has 1 aromatic carbocycles. The van der Waals surface area contributed by atoms with Gasteiger partial charge in [-0.25, -0.2) is 4.98 Å². The largest absolute Gasteiger partial charge is 0.301 e. The highest BCUT2D eigenvalue weighted by Crippen LogP contribution is 2.21. The molecule has 0 spiro atoms. The number of hydrogen-bond acceptors (Lipinski definition) is 3. The molecular weight excluding hydrogens is 320 g/mol. The molecule has 0 aliphatic heterocycles. The summed E-state index contributed by atoms with van der Waals surface area (Å²) in [5.74, 6) is 0.527. The highest BCUT2D eigenvalue weighted by atomic mass is 79.9. The molecule has 0 N–H and O–H groups in total. The molecule has 0 fully saturated rings. The minimum absolute atomic E-state index is 0.527. The molecule has 102 valence electrons. The van der Waals surface area contributed by atoms with Gasteiger partial charge in [-0.15, -0.1) is 11.3 Å². The van der Waals surface area contributed by atoms with Crippen LogP contribution in [0.3, 0.4) is 0 Å². The topological polar surface area (TPSA) is 16.1 Å². The Balaban J connectivity index is 1.97. The van der Waals surface area contributed by atoms with Crippen molar-refractivity contribution >= 4 is 27.3 Å². The van der Waals surface area contributed by atoms with Crippen molar-refractivity contribution in [2.45, 2.75) is 19.4 Å². The van der Waals surface area contributed by atoms with E-state index in [0.717, 1.165) is 24.1 Å². The number of halogens is 1. The first-order chi connectivity index (χ1) is 9.20. The smallest absolute Gasteiger partial charge is 0.0798 e. The van der Waals surface area contributed by atoms with Crippen LogP contribution < -0.4 is 0 Å². The number of alkyl halides is 1. The fourth-order valence-corrected chi connectivity index (χ4v) is 3.57. The molecule has 0 aliphatic rings. The fraction of sp³-hybridized carbons (Fsp3) is 0.400. The molecule has 0 saturated carbocycles. The summed E-state index contributed by atoms with van der Waals surface area (Å²) in [6.07, 6.45) is 0. The third-order valence-electron chi connectivity index (χ3n) is 3.25. The third-order valence-corrected chi connectivity index (χ3v) is 4.95. The summed E-state index contributed by atoms with van der Waals surface area (Å²) in [5, 5.41) is 0.989. The molecule has 1 atom stereocenters. The van der Waals surface area contributed by atoms with E-state index in [1.54, 1.807) is 11.3 Å². The SMILES string of the molecule is Cc1ncsc1CN(C)CC(CBr)c1ccccc1. The lowest BCUT2D eigenvalue weighted by Crippen LogP contribution is -2.25. The number of likely N-dealkylation sites (N-methyl/N-ethyl adjacent to an activating group) is 1. The van der Waals surface area contributed by atoms with Crippen molar-refractivity contribution in [2.24, 2.45) is 0 Å². The maximum absolute atomic E-state index is 4.31. The van der Waals surface area contributed by atoms with Crippen LogP contribution >= 0.6 is 27.3 Å². The molecule has 0 amide bonds. The van der Waals surface area contributed by atoms with Gasteiger partial charge in [0.1, 0.15) is 0 Å². The second kappa shape index (κ2) is 7.17. The monoisotopic (exact) mass is 338 g/mol. The van der Waals surface area contributed by atoms with E-state index in [1.807, 2.05) is 5.51 Å². The van der Waals surface area contributed by atoms with E-state index in [-0.39, 0.29) is 0 Å². The van der Waals surface area contributed by atoms with E-state index >= 15 is 0 Å². The Bertz CT molecular complexity index is 498. The maximum Gasteiger partial charge on any atom is 0.0798 e. The van der Waals surface area contributed by atoms with Gasteiger partial charge in [0.15, 0.2) is 0 Å². The van der Waals surface area contributed by atoms with Crippen molar-refractivity contribution in [1.29, 1.82) is 0 Å². The second-order valence-corrected chi connectivity index (χ2v) is 6.41. The van der Waals surface area contributed by atoms with Crippen molar-refractivity contribution in [1.82, 2.24) is 9.88 Å². The highest BCUT2D eigenvalue weighted by molar-refractivity contribution is 9.09. The zero-order valence-corrected chi connectivity index (χ0v) is 13.7. The summed E-state index contributed by atoms with van der Waals surface area (Å²) in [6.45, 7) is 4.11. The molecule has 1 heterocycles. The number of thiazole rings is 1. The number of aromatic nitrogens is 1. The Morgan fingerprint density at radius 2 is 2.05 bits per heavy atom. The maximum atomic E-state index is 4.31. The zero-order valence-electron chi connectivity index (χ0n) is 11.3. The molecule has 1 unspecified atom stereocenters. The van der Waals surface area contributed by atoms with Gasteiger partial charge in [-0.2, -0.15) is 0 Å². The van der Waals surface area contributed by atoms with Crippen LogP contribution in [0.5, 0.6) is 0 Å². The fourth-order valence-electron chi connectivity index (χ4n) is 2.13. The van der Waals surface area contributed by atoms with Gasteiger partial charge in [0, 0.05) is 29.2 Å². The first-order valence-electron chi connectivity index (χ1n) is 6.39. The van der Waals surface area contributed by atoms with Crippen LogP contribution in [0.2, 0.25) is 0 Å². The van der Waals surface area contributed by atoms with Gasteiger partial charge >= 0.3 is 0 Å². The molecule has 0 aliphatic carbocycles. The van der Waals surface area contributed by atoms with Crippen LogP contribution in [0.15, 0.2) is 35.8 Å².